The Hall–Kier alpha value is -1.16. The van der Waals surface area contributed by atoms with Crippen LogP contribution in [0.15, 0.2) is 6.07 Å². The second-order valence-corrected chi connectivity index (χ2v) is 5.70. The third kappa shape index (κ3) is 3.29. The lowest BCUT2D eigenvalue weighted by Crippen LogP contribution is -2.45. The van der Waals surface area contributed by atoms with Gasteiger partial charge in [0.15, 0.2) is 0 Å². The zero-order chi connectivity index (χ0) is 14.5. The summed E-state index contributed by atoms with van der Waals surface area (Å²) in [5.41, 5.74) is 2.29. The Kier molecular flexibility index (Phi) is 5.35. The zero-order valence-electron chi connectivity index (χ0n) is 12.2. The first-order valence-corrected chi connectivity index (χ1v) is 7.91. The van der Waals surface area contributed by atoms with Crippen LogP contribution in [-0.2, 0) is 6.42 Å². The van der Waals surface area contributed by atoms with E-state index in [4.69, 9.17) is 11.6 Å². The van der Waals surface area contributed by atoms with Crippen LogP contribution in [0.2, 0.25) is 0 Å². The molecule has 4 nitrogen and oxygen atoms in total. The van der Waals surface area contributed by atoms with Crippen molar-refractivity contribution in [2.24, 2.45) is 0 Å². The van der Waals surface area contributed by atoms with Crippen LogP contribution in [-0.4, -0.2) is 39.5 Å². The smallest absolute Gasteiger partial charge is 0.256 e. The van der Waals surface area contributed by atoms with Gasteiger partial charge in [0.1, 0.15) is 0 Å². The van der Waals surface area contributed by atoms with Crippen molar-refractivity contribution in [1.29, 1.82) is 0 Å². The Bertz CT molecular complexity index is 474. The van der Waals surface area contributed by atoms with Gasteiger partial charge in [0.2, 0.25) is 0 Å². The lowest BCUT2D eigenvalue weighted by atomic mass is 9.90. The van der Waals surface area contributed by atoms with Gasteiger partial charge < -0.3 is 4.90 Å². The number of amides is 1. The van der Waals surface area contributed by atoms with Crippen molar-refractivity contribution in [2.45, 2.75) is 52.0 Å². The van der Waals surface area contributed by atoms with Crippen molar-refractivity contribution < 1.29 is 4.79 Å². The summed E-state index contributed by atoms with van der Waals surface area (Å²) >= 11 is 5.79. The quantitative estimate of drug-likeness (QED) is 0.758. The van der Waals surface area contributed by atoms with E-state index in [-0.39, 0.29) is 5.91 Å². The van der Waals surface area contributed by atoms with Crippen molar-refractivity contribution in [3.63, 3.8) is 0 Å². The minimum absolute atomic E-state index is 0.0923. The largest absolute Gasteiger partial charge is 0.336 e. The predicted octanol–water partition coefficient (Wildman–Crippen LogP) is 2.97. The molecule has 1 amide bonds. The number of alkyl halides is 1. The second kappa shape index (κ2) is 7.02. The average Bonchev–Trinajstić information content (AvgIpc) is 2.40. The molecule has 0 atom stereocenters. The molecule has 0 unspecified atom stereocenters. The van der Waals surface area contributed by atoms with Crippen molar-refractivity contribution >= 4 is 17.5 Å². The van der Waals surface area contributed by atoms with Gasteiger partial charge in [-0.05, 0) is 45.1 Å². The van der Waals surface area contributed by atoms with Gasteiger partial charge in [-0.15, -0.1) is 11.6 Å². The van der Waals surface area contributed by atoms with Gasteiger partial charge in [-0.1, -0.05) is 6.92 Å². The highest BCUT2D eigenvalue weighted by Gasteiger charge is 2.30. The number of halogens is 1. The topological polar surface area (TPSA) is 46.1 Å². The summed E-state index contributed by atoms with van der Waals surface area (Å²) in [5, 5.41) is 8.21. The number of nitrogens with zero attached hydrogens (tertiary/aromatic N) is 3. The van der Waals surface area contributed by atoms with Gasteiger partial charge in [-0.25, -0.2) is 0 Å². The maximum Gasteiger partial charge on any atom is 0.256 e. The first kappa shape index (κ1) is 15.2. The molecule has 0 bridgehead atoms. The van der Waals surface area contributed by atoms with Crippen LogP contribution in [0, 0.1) is 6.92 Å². The van der Waals surface area contributed by atoms with Crippen LogP contribution >= 0.6 is 11.6 Å². The van der Waals surface area contributed by atoms with E-state index in [1.807, 2.05) is 24.8 Å². The Morgan fingerprint density at radius 1 is 1.45 bits per heavy atom. The van der Waals surface area contributed by atoms with Crippen LogP contribution in [0.4, 0.5) is 0 Å². The van der Waals surface area contributed by atoms with E-state index in [1.54, 1.807) is 0 Å². The van der Waals surface area contributed by atoms with Crippen molar-refractivity contribution in [3.8, 4) is 0 Å². The number of hydrogen-bond donors (Lipinski definition) is 0. The predicted molar refractivity (Wildman–Crippen MR) is 80.2 cm³/mol. The van der Waals surface area contributed by atoms with Gasteiger partial charge in [-0.2, -0.15) is 10.2 Å². The Labute approximate surface area is 125 Å². The highest BCUT2D eigenvalue weighted by Crippen LogP contribution is 2.27. The number of aryl methyl sites for hydroxylation is 2. The third-order valence-corrected chi connectivity index (χ3v) is 4.13. The molecule has 110 valence electrons. The molecular weight excluding hydrogens is 274 g/mol. The molecule has 0 aliphatic heterocycles. The van der Waals surface area contributed by atoms with E-state index in [9.17, 15) is 4.79 Å². The van der Waals surface area contributed by atoms with Crippen molar-refractivity contribution in [2.75, 3.05) is 12.4 Å². The molecule has 5 heteroatoms. The highest BCUT2D eigenvalue weighted by atomic mass is 35.5. The fraction of sp³-hybridized carbons (Fsp3) is 0.667. The summed E-state index contributed by atoms with van der Waals surface area (Å²) < 4.78 is 0. The standard InChI is InChI=1S/C15H22ClN3O/c1-3-14-13(10-11(2)17-18-14)15(20)19(9-5-8-16)12-6-4-7-12/h10,12H,3-9H2,1-2H3. The lowest BCUT2D eigenvalue weighted by Gasteiger charge is -2.37. The first-order valence-electron chi connectivity index (χ1n) is 7.37. The van der Waals surface area contributed by atoms with Gasteiger partial charge in [0.05, 0.1) is 17.0 Å². The van der Waals surface area contributed by atoms with E-state index in [2.05, 4.69) is 10.2 Å². The Balaban J connectivity index is 2.23. The SMILES string of the molecule is CCc1nnc(C)cc1C(=O)N(CCCCl)C1CCC1. The molecule has 0 spiro atoms. The van der Waals surface area contributed by atoms with Crippen LogP contribution in [0.5, 0.6) is 0 Å². The van der Waals surface area contributed by atoms with Gasteiger partial charge >= 0.3 is 0 Å². The van der Waals surface area contributed by atoms with E-state index in [0.29, 0.717) is 17.5 Å². The van der Waals surface area contributed by atoms with Crippen molar-refractivity contribution in [3.05, 3.63) is 23.0 Å². The van der Waals surface area contributed by atoms with E-state index in [0.717, 1.165) is 43.6 Å². The molecule has 1 saturated carbocycles. The van der Waals surface area contributed by atoms with Crippen LogP contribution in [0.1, 0.15) is 54.4 Å². The maximum atomic E-state index is 12.8. The number of carbonyl (C=O) groups excluding carboxylic acids is 1. The molecule has 1 fully saturated rings. The summed E-state index contributed by atoms with van der Waals surface area (Å²) in [6.07, 6.45) is 4.98. The molecule has 0 N–H and O–H groups in total. The third-order valence-electron chi connectivity index (χ3n) is 3.87. The highest BCUT2D eigenvalue weighted by molar-refractivity contribution is 6.17. The minimum atomic E-state index is 0.0923. The van der Waals surface area contributed by atoms with Crippen molar-refractivity contribution in [1.82, 2.24) is 15.1 Å². The average molecular weight is 296 g/mol. The van der Waals surface area contributed by atoms with Crippen LogP contribution < -0.4 is 0 Å². The molecule has 20 heavy (non-hydrogen) atoms. The molecule has 1 aromatic rings. The lowest BCUT2D eigenvalue weighted by molar-refractivity contribution is 0.0578. The number of carbonyl (C=O) groups is 1. The van der Waals surface area contributed by atoms with Gasteiger partial charge in [-0.3, -0.25) is 4.79 Å². The molecule has 0 aromatic carbocycles. The van der Waals surface area contributed by atoms with E-state index >= 15 is 0 Å². The van der Waals surface area contributed by atoms with E-state index in [1.165, 1.54) is 6.42 Å². The Morgan fingerprint density at radius 3 is 2.75 bits per heavy atom. The summed E-state index contributed by atoms with van der Waals surface area (Å²) in [7, 11) is 0. The van der Waals surface area contributed by atoms with Crippen LogP contribution in [0.25, 0.3) is 0 Å². The summed E-state index contributed by atoms with van der Waals surface area (Å²) in [4.78, 5) is 14.8. The number of rotatable bonds is 6. The summed E-state index contributed by atoms with van der Waals surface area (Å²) in [6.45, 7) is 4.61. The minimum Gasteiger partial charge on any atom is -0.336 e. The molecule has 0 saturated heterocycles. The molecule has 1 aliphatic carbocycles. The number of hydrogen-bond acceptors (Lipinski definition) is 3. The zero-order valence-corrected chi connectivity index (χ0v) is 13.0. The molecule has 2 rings (SSSR count). The molecule has 1 aromatic heterocycles. The molecular formula is C15H22ClN3O. The Morgan fingerprint density at radius 2 is 2.20 bits per heavy atom. The number of aromatic nitrogens is 2. The second-order valence-electron chi connectivity index (χ2n) is 5.33. The fourth-order valence-corrected chi connectivity index (χ4v) is 2.61. The fourth-order valence-electron chi connectivity index (χ4n) is 2.49. The molecule has 0 radical (unpaired) electrons. The normalized spacial score (nSPS) is 14.9. The summed E-state index contributed by atoms with van der Waals surface area (Å²) in [6, 6.07) is 2.24. The van der Waals surface area contributed by atoms with E-state index < -0.39 is 0 Å². The monoisotopic (exact) mass is 295 g/mol. The van der Waals surface area contributed by atoms with Gasteiger partial charge in [0, 0.05) is 18.5 Å². The van der Waals surface area contributed by atoms with Gasteiger partial charge in [0.25, 0.3) is 5.91 Å². The molecule has 1 aliphatic rings. The first-order chi connectivity index (χ1) is 9.67. The van der Waals surface area contributed by atoms with Crippen LogP contribution in [0.3, 0.4) is 0 Å². The maximum absolute atomic E-state index is 12.8. The summed E-state index contributed by atoms with van der Waals surface area (Å²) in [5.74, 6) is 0.680. The molecule has 1 heterocycles.